The van der Waals surface area contributed by atoms with Crippen molar-refractivity contribution in [3.05, 3.63) is 28.3 Å². The fraction of sp³-hybridized carbons (Fsp3) is 0.526. The average molecular weight is 425 g/mol. The summed E-state index contributed by atoms with van der Waals surface area (Å²) in [6.07, 6.45) is 0.583. The molecule has 3 aliphatic heterocycles. The van der Waals surface area contributed by atoms with Crippen molar-refractivity contribution in [2.75, 3.05) is 43.5 Å². The van der Waals surface area contributed by atoms with Gasteiger partial charge in [-0.15, -0.1) is 11.6 Å². The zero-order valence-corrected chi connectivity index (χ0v) is 16.9. The third kappa shape index (κ3) is 3.47. The molecule has 1 N–H and O–H groups in total. The highest BCUT2D eigenvalue weighted by Crippen LogP contribution is 2.38. The van der Waals surface area contributed by atoms with Gasteiger partial charge in [-0.1, -0.05) is 11.6 Å². The molecule has 9 heteroatoms. The Balaban J connectivity index is 1.53. The molecule has 150 valence electrons. The first-order valence-electron chi connectivity index (χ1n) is 9.49. The molecule has 4 rings (SSSR count). The number of imide groups is 1. The molecule has 0 aliphatic carbocycles. The summed E-state index contributed by atoms with van der Waals surface area (Å²) >= 11 is 12.5. The van der Waals surface area contributed by atoms with Crippen molar-refractivity contribution in [2.45, 2.75) is 25.4 Å². The van der Waals surface area contributed by atoms with Crippen molar-refractivity contribution < 1.29 is 14.4 Å². The molecule has 0 bridgehead atoms. The summed E-state index contributed by atoms with van der Waals surface area (Å²) in [4.78, 5) is 42.5. The van der Waals surface area contributed by atoms with Crippen LogP contribution in [-0.2, 0) is 16.1 Å². The lowest BCUT2D eigenvalue weighted by atomic mass is 10.0. The van der Waals surface area contributed by atoms with Crippen molar-refractivity contribution in [3.63, 3.8) is 0 Å². The van der Waals surface area contributed by atoms with Gasteiger partial charge in [-0.2, -0.15) is 0 Å². The van der Waals surface area contributed by atoms with E-state index in [0.29, 0.717) is 29.4 Å². The van der Waals surface area contributed by atoms with Crippen LogP contribution in [0.3, 0.4) is 0 Å². The number of nitrogens with one attached hydrogen (secondary N) is 1. The lowest BCUT2D eigenvalue weighted by molar-refractivity contribution is -0.136. The Bertz CT molecular complexity index is 824. The molecule has 3 heterocycles. The van der Waals surface area contributed by atoms with Crippen LogP contribution < -0.4 is 10.2 Å². The minimum atomic E-state index is -0.629. The van der Waals surface area contributed by atoms with Crippen LogP contribution >= 0.6 is 23.2 Å². The molecule has 2 saturated heterocycles. The highest BCUT2D eigenvalue weighted by atomic mass is 35.5. The van der Waals surface area contributed by atoms with Crippen LogP contribution in [0.25, 0.3) is 0 Å². The number of hydrogen-bond donors (Lipinski definition) is 1. The summed E-state index contributed by atoms with van der Waals surface area (Å²) in [6, 6.07) is 3.07. The Kier molecular flexibility index (Phi) is 5.49. The Labute approximate surface area is 173 Å². The predicted octanol–water partition coefficient (Wildman–Crippen LogP) is 1.46. The van der Waals surface area contributed by atoms with Gasteiger partial charge in [0.15, 0.2) is 0 Å². The molecular weight excluding hydrogens is 403 g/mol. The number of anilines is 1. The van der Waals surface area contributed by atoms with Crippen molar-refractivity contribution in [3.8, 4) is 0 Å². The first-order valence-corrected chi connectivity index (χ1v) is 10.4. The van der Waals surface area contributed by atoms with Gasteiger partial charge in [0.25, 0.3) is 5.91 Å². The second-order valence-corrected chi connectivity index (χ2v) is 8.10. The number of carbonyl (C=O) groups is 3. The van der Waals surface area contributed by atoms with Crippen LogP contribution in [0.5, 0.6) is 0 Å². The summed E-state index contributed by atoms with van der Waals surface area (Å²) in [5.41, 5.74) is 2.22. The average Bonchev–Trinajstić information content (AvgIpc) is 3.01. The number of halogens is 2. The number of hydrogen-bond acceptors (Lipinski definition) is 5. The van der Waals surface area contributed by atoms with E-state index in [0.717, 1.165) is 44.0 Å². The molecule has 7 nitrogen and oxygen atoms in total. The number of nitrogens with zero attached hydrogens (tertiary/aromatic N) is 3. The van der Waals surface area contributed by atoms with E-state index in [4.69, 9.17) is 23.2 Å². The second kappa shape index (κ2) is 7.89. The van der Waals surface area contributed by atoms with Gasteiger partial charge in [-0.3, -0.25) is 24.6 Å². The molecule has 1 aromatic carbocycles. The molecule has 1 atom stereocenters. The fourth-order valence-corrected chi connectivity index (χ4v) is 4.75. The Morgan fingerprint density at radius 3 is 2.54 bits per heavy atom. The van der Waals surface area contributed by atoms with E-state index in [1.807, 2.05) is 6.07 Å². The van der Waals surface area contributed by atoms with Gasteiger partial charge in [0, 0.05) is 62.7 Å². The van der Waals surface area contributed by atoms with Crippen LogP contribution in [-0.4, -0.2) is 72.2 Å². The molecule has 3 amide bonds. The van der Waals surface area contributed by atoms with E-state index in [9.17, 15) is 14.4 Å². The quantitative estimate of drug-likeness (QED) is 0.584. The predicted molar refractivity (Wildman–Crippen MR) is 107 cm³/mol. The van der Waals surface area contributed by atoms with E-state index in [1.165, 1.54) is 4.90 Å². The molecule has 0 radical (unpaired) electrons. The topological polar surface area (TPSA) is 73.0 Å². The third-order valence-corrected chi connectivity index (χ3v) is 6.33. The molecule has 3 aliphatic rings. The van der Waals surface area contributed by atoms with Crippen LogP contribution in [0.2, 0.25) is 5.02 Å². The number of fused-ring (bicyclic) bond motifs is 1. The molecule has 1 unspecified atom stereocenters. The van der Waals surface area contributed by atoms with Crippen LogP contribution in [0.1, 0.15) is 28.8 Å². The van der Waals surface area contributed by atoms with Crippen LogP contribution in [0, 0.1) is 0 Å². The van der Waals surface area contributed by atoms with Gasteiger partial charge in [0.05, 0.1) is 10.7 Å². The Morgan fingerprint density at radius 2 is 1.86 bits per heavy atom. The van der Waals surface area contributed by atoms with Crippen molar-refractivity contribution in [2.24, 2.45) is 0 Å². The maximum absolute atomic E-state index is 12.8. The van der Waals surface area contributed by atoms with Gasteiger partial charge in [-0.05, 0) is 18.6 Å². The maximum atomic E-state index is 12.8. The zero-order chi connectivity index (χ0) is 19.8. The second-order valence-electron chi connectivity index (χ2n) is 7.34. The Morgan fingerprint density at radius 1 is 1.11 bits per heavy atom. The van der Waals surface area contributed by atoms with E-state index < -0.39 is 11.9 Å². The van der Waals surface area contributed by atoms with E-state index in [2.05, 4.69) is 15.1 Å². The lowest BCUT2D eigenvalue weighted by Crippen LogP contribution is -2.52. The number of piperazine rings is 1. The number of rotatable bonds is 4. The van der Waals surface area contributed by atoms with Gasteiger partial charge in [-0.25, -0.2) is 0 Å². The van der Waals surface area contributed by atoms with Gasteiger partial charge < -0.3 is 9.80 Å². The fourth-order valence-electron chi connectivity index (χ4n) is 4.17. The van der Waals surface area contributed by atoms with E-state index in [1.54, 1.807) is 6.07 Å². The summed E-state index contributed by atoms with van der Waals surface area (Å²) in [5.74, 6) is -0.286. The standard InChI is InChI=1S/C19H22Cl2N4O3/c20-5-6-23-7-9-24(10-8-23)14-2-1-12-13(17(14)21)11-25(19(12)28)15-3-4-16(26)22-18(15)27/h1-2,15H,3-11H2,(H,22,26,27). The van der Waals surface area contributed by atoms with Crippen molar-refractivity contribution in [1.29, 1.82) is 0 Å². The third-order valence-electron chi connectivity index (χ3n) is 5.74. The van der Waals surface area contributed by atoms with Gasteiger partial charge in [0.2, 0.25) is 11.8 Å². The highest BCUT2D eigenvalue weighted by Gasteiger charge is 2.40. The number of alkyl halides is 1. The van der Waals surface area contributed by atoms with E-state index >= 15 is 0 Å². The lowest BCUT2D eigenvalue weighted by Gasteiger charge is -2.36. The number of carbonyl (C=O) groups excluding carboxylic acids is 3. The van der Waals surface area contributed by atoms with Gasteiger partial charge >= 0.3 is 0 Å². The summed E-state index contributed by atoms with van der Waals surface area (Å²) in [6.45, 7) is 4.70. The summed E-state index contributed by atoms with van der Waals surface area (Å²) in [5, 5.41) is 2.89. The minimum absolute atomic E-state index is 0.204. The SMILES string of the molecule is O=C1CCC(N2Cc3c(ccc(N4CCN(CCCl)CC4)c3Cl)C2=O)C(=O)N1. The van der Waals surface area contributed by atoms with E-state index in [-0.39, 0.29) is 18.2 Å². The Hall–Kier alpha value is -1.83. The molecular formula is C19H22Cl2N4O3. The van der Waals surface area contributed by atoms with Crippen LogP contribution in [0.15, 0.2) is 12.1 Å². The minimum Gasteiger partial charge on any atom is -0.368 e. The molecule has 0 spiro atoms. The van der Waals surface area contributed by atoms with Gasteiger partial charge in [0.1, 0.15) is 6.04 Å². The molecule has 0 aromatic heterocycles. The monoisotopic (exact) mass is 424 g/mol. The largest absolute Gasteiger partial charge is 0.368 e. The van der Waals surface area contributed by atoms with Crippen LogP contribution in [0.4, 0.5) is 5.69 Å². The summed E-state index contributed by atoms with van der Waals surface area (Å²) in [7, 11) is 0. The maximum Gasteiger partial charge on any atom is 0.255 e. The first kappa shape index (κ1) is 19.5. The molecule has 1 aromatic rings. The first-order chi connectivity index (χ1) is 13.5. The molecule has 0 saturated carbocycles. The molecule has 28 heavy (non-hydrogen) atoms. The normalized spacial score (nSPS) is 23.2. The van der Waals surface area contributed by atoms with Crippen molar-refractivity contribution in [1.82, 2.24) is 15.1 Å². The number of amides is 3. The molecule has 2 fully saturated rings. The number of piperidine rings is 1. The highest BCUT2D eigenvalue weighted by molar-refractivity contribution is 6.35. The summed E-state index contributed by atoms with van der Waals surface area (Å²) < 4.78 is 0. The zero-order valence-electron chi connectivity index (χ0n) is 15.4. The smallest absolute Gasteiger partial charge is 0.255 e. The van der Waals surface area contributed by atoms with Crippen molar-refractivity contribution >= 4 is 46.6 Å². The number of benzene rings is 1.